The van der Waals surface area contributed by atoms with E-state index in [2.05, 4.69) is 20.8 Å². The van der Waals surface area contributed by atoms with Crippen LogP contribution in [0.25, 0.3) is 0 Å². The second-order valence-electron chi connectivity index (χ2n) is 7.28. The third-order valence-corrected chi connectivity index (χ3v) is 5.93. The van der Waals surface area contributed by atoms with Gasteiger partial charge in [-0.25, -0.2) is 0 Å². The first-order valence-corrected chi connectivity index (χ1v) is 9.42. The van der Waals surface area contributed by atoms with Crippen LogP contribution in [0, 0.1) is 34.6 Å². The van der Waals surface area contributed by atoms with E-state index in [-0.39, 0.29) is 11.7 Å². The average molecular weight is 365 g/mol. The van der Waals surface area contributed by atoms with E-state index in [0.29, 0.717) is 37.4 Å². The van der Waals surface area contributed by atoms with Crippen molar-refractivity contribution < 1.29 is 14.3 Å². The van der Waals surface area contributed by atoms with Gasteiger partial charge in [-0.2, -0.15) is 0 Å². The third-order valence-electron chi connectivity index (χ3n) is 5.93. The fraction of sp³-hybridized carbons (Fsp3) is 0.391. The van der Waals surface area contributed by atoms with Crippen LogP contribution < -0.4 is 0 Å². The van der Waals surface area contributed by atoms with Gasteiger partial charge < -0.3 is 9.64 Å². The number of nitrogens with zero attached hydrogens (tertiary/aromatic N) is 1. The van der Waals surface area contributed by atoms with Crippen molar-refractivity contribution >= 4 is 11.7 Å². The van der Waals surface area contributed by atoms with Crippen molar-refractivity contribution in [2.45, 2.75) is 34.6 Å². The zero-order chi connectivity index (χ0) is 19.7. The zero-order valence-electron chi connectivity index (χ0n) is 16.8. The lowest BCUT2D eigenvalue weighted by molar-refractivity contribution is 0.0302. The Labute approximate surface area is 161 Å². The number of morpholine rings is 1. The first-order valence-electron chi connectivity index (χ1n) is 9.42. The quantitative estimate of drug-likeness (QED) is 0.774. The average Bonchev–Trinajstić information content (AvgIpc) is 2.71. The molecule has 2 aromatic rings. The smallest absolute Gasteiger partial charge is 0.254 e. The van der Waals surface area contributed by atoms with Gasteiger partial charge in [0.1, 0.15) is 0 Å². The normalized spacial score (nSPS) is 14.3. The summed E-state index contributed by atoms with van der Waals surface area (Å²) in [5.41, 5.74) is 7.15. The Hall–Kier alpha value is -2.46. The van der Waals surface area contributed by atoms with Crippen LogP contribution in [-0.4, -0.2) is 42.9 Å². The lowest BCUT2D eigenvalue weighted by atomic mass is 9.85. The number of carbonyl (C=O) groups is 2. The number of ether oxygens (including phenoxy) is 1. The van der Waals surface area contributed by atoms with Crippen molar-refractivity contribution in [3.05, 3.63) is 68.8 Å². The molecule has 0 atom stereocenters. The van der Waals surface area contributed by atoms with Gasteiger partial charge in [-0.1, -0.05) is 18.2 Å². The molecule has 142 valence electrons. The van der Waals surface area contributed by atoms with Gasteiger partial charge in [-0.3, -0.25) is 9.59 Å². The summed E-state index contributed by atoms with van der Waals surface area (Å²) in [4.78, 5) is 28.3. The number of carbonyl (C=O) groups excluding carboxylic acids is 2. The number of hydrogen-bond donors (Lipinski definition) is 0. The molecule has 3 rings (SSSR count). The minimum atomic E-state index is -0.0990. The molecule has 0 saturated carbocycles. The van der Waals surface area contributed by atoms with Gasteiger partial charge >= 0.3 is 0 Å². The van der Waals surface area contributed by atoms with Crippen LogP contribution in [0.4, 0.5) is 0 Å². The van der Waals surface area contributed by atoms with Crippen molar-refractivity contribution in [2.75, 3.05) is 26.3 Å². The SMILES string of the molecule is Cc1c(C)c(C)c(C(=O)c2ccccc2C(=O)N2CCOCC2)c(C)c1C. The van der Waals surface area contributed by atoms with Crippen LogP contribution in [0.15, 0.2) is 24.3 Å². The summed E-state index contributed by atoms with van der Waals surface area (Å²) >= 11 is 0. The molecule has 1 amide bonds. The fourth-order valence-corrected chi connectivity index (χ4v) is 3.78. The highest BCUT2D eigenvalue weighted by Crippen LogP contribution is 2.29. The predicted molar refractivity (Wildman–Crippen MR) is 107 cm³/mol. The Kier molecular flexibility index (Phi) is 5.47. The van der Waals surface area contributed by atoms with Crippen LogP contribution in [-0.2, 0) is 4.74 Å². The maximum absolute atomic E-state index is 13.5. The molecule has 1 fully saturated rings. The van der Waals surface area contributed by atoms with Crippen molar-refractivity contribution in [3.8, 4) is 0 Å². The van der Waals surface area contributed by atoms with Crippen molar-refractivity contribution in [1.82, 2.24) is 4.90 Å². The van der Waals surface area contributed by atoms with E-state index in [9.17, 15) is 9.59 Å². The van der Waals surface area contributed by atoms with Gasteiger partial charge in [0.2, 0.25) is 0 Å². The highest BCUT2D eigenvalue weighted by atomic mass is 16.5. The molecule has 4 nitrogen and oxygen atoms in total. The molecular formula is C23H27NO3. The first kappa shape index (κ1) is 19.3. The van der Waals surface area contributed by atoms with Gasteiger partial charge in [-0.15, -0.1) is 0 Å². The second kappa shape index (κ2) is 7.65. The molecule has 0 aromatic heterocycles. The minimum Gasteiger partial charge on any atom is -0.378 e. The maximum Gasteiger partial charge on any atom is 0.254 e. The Morgan fingerprint density at radius 1 is 0.778 bits per heavy atom. The molecular weight excluding hydrogens is 338 g/mol. The van der Waals surface area contributed by atoms with Crippen LogP contribution in [0.1, 0.15) is 54.1 Å². The summed E-state index contributed by atoms with van der Waals surface area (Å²) in [6, 6.07) is 7.15. The largest absolute Gasteiger partial charge is 0.378 e. The van der Waals surface area contributed by atoms with Gasteiger partial charge in [-0.05, 0) is 68.5 Å². The number of hydrogen-bond acceptors (Lipinski definition) is 3. The lowest BCUT2D eigenvalue weighted by Crippen LogP contribution is -2.41. The molecule has 1 saturated heterocycles. The minimum absolute atomic E-state index is 0.0755. The third kappa shape index (κ3) is 3.42. The summed E-state index contributed by atoms with van der Waals surface area (Å²) in [6.45, 7) is 12.4. The molecule has 1 heterocycles. The molecule has 4 heteroatoms. The molecule has 2 aromatic carbocycles. The topological polar surface area (TPSA) is 46.6 Å². The summed E-state index contributed by atoms with van der Waals surface area (Å²) in [7, 11) is 0. The van der Waals surface area contributed by atoms with E-state index in [1.54, 1.807) is 17.0 Å². The second-order valence-corrected chi connectivity index (χ2v) is 7.28. The summed E-state index contributed by atoms with van der Waals surface area (Å²) in [5.74, 6) is -0.175. The molecule has 0 N–H and O–H groups in total. The van der Waals surface area contributed by atoms with Crippen molar-refractivity contribution in [2.24, 2.45) is 0 Å². The van der Waals surface area contributed by atoms with E-state index < -0.39 is 0 Å². The number of amides is 1. The molecule has 27 heavy (non-hydrogen) atoms. The Bertz CT molecular complexity index is 879. The van der Waals surface area contributed by atoms with Crippen LogP contribution in [0.5, 0.6) is 0 Å². The predicted octanol–water partition coefficient (Wildman–Crippen LogP) is 3.93. The summed E-state index contributed by atoms with van der Waals surface area (Å²) in [6.07, 6.45) is 0. The van der Waals surface area contributed by atoms with Crippen LogP contribution in [0.3, 0.4) is 0 Å². The van der Waals surface area contributed by atoms with E-state index in [1.165, 1.54) is 5.56 Å². The molecule has 1 aliphatic rings. The van der Waals surface area contributed by atoms with Gasteiger partial charge in [0, 0.05) is 24.2 Å². The molecule has 0 radical (unpaired) electrons. The van der Waals surface area contributed by atoms with Gasteiger partial charge in [0.25, 0.3) is 5.91 Å². The first-order chi connectivity index (χ1) is 12.8. The summed E-state index contributed by atoms with van der Waals surface area (Å²) < 4.78 is 5.34. The Balaban J connectivity index is 2.08. The van der Waals surface area contributed by atoms with Gasteiger partial charge in [0.15, 0.2) is 5.78 Å². The zero-order valence-corrected chi connectivity index (χ0v) is 16.8. The van der Waals surface area contributed by atoms with E-state index >= 15 is 0 Å². The van der Waals surface area contributed by atoms with Crippen molar-refractivity contribution in [1.29, 1.82) is 0 Å². The number of benzene rings is 2. The number of rotatable bonds is 3. The van der Waals surface area contributed by atoms with E-state index in [4.69, 9.17) is 4.74 Å². The lowest BCUT2D eigenvalue weighted by Gasteiger charge is -2.27. The molecule has 0 spiro atoms. The maximum atomic E-state index is 13.5. The molecule has 1 aliphatic heterocycles. The number of ketones is 1. The molecule has 0 unspecified atom stereocenters. The van der Waals surface area contributed by atoms with Crippen LogP contribution >= 0.6 is 0 Å². The van der Waals surface area contributed by atoms with E-state index in [1.807, 2.05) is 26.0 Å². The van der Waals surface area contributed by atoms with E-state index in [0.717, 1.165) is 27.8 Å². The Morgan fingerprint density at radius 2 is 1.26 bits per heavy atom. The standard InChI is InChI=1S/C23H27NO3/c1-14-15(2)17(4)21(18(5)16(14)3)22(25)19-8-6-7-9-20(19)23(26)24-10-12-27-13-11-24/h6-9H,10-13H2,1-5H3. The molecule has 0 aliphatic carbocycles. The monoisotopic (exact) mass is 365 g/mol. The highest BCUT2D eigenvalue weighted by molar-refractivity contribution is 6.16. The summed E-state index contributed by atoms with van der Waals surface area (Å²) in [5, 5.41) is 0. The molecule has 0 bridgehead atoms. The van der Waals surface area contributed by atoms with Crippen LogP contribution in [0.2, 0.25) is 0 Å². The Morgan fingerprint density at radius 3 is 1.81 bits per heavy atom. The highest BCUT2D eigenvalue weighted by Gasteiger charge is 2.26. The fourth-order valence-electron chi connectivity index (χ4n) is 3.78. The van der Waals surface area contributed by atoms with Crippen molar-refractivity contribution in [3.63, 3.8) is 0 Å². The van der Waals surface area contributed by atoms with Gasteiger partial charge in [0.05, 0.1) is 18.8 Å².